The molecule has 0 fully saturated rings. The second kappa shape index (κ2) is 11.7. The van der Waals surface area contributed by atoms with Crippen LogP contribution in [0.3, 0.4) is 0 Å². The van der Waals surface area contributed by atoms with E-state index in [4.69, 9.17) is 16.6 Å². The maximum atomic E-state index is 13.1. The molecule has 0 aliphatic carbocycles. The van der Waals surface area contributed by atoms with E-state index in [0.29, 0.717) is 17.4 Å². The zero-order chi connectivity index (χ0) is 25.8. The maximum absolute atomic E-state index is 13.1. The molecule has 1 aliphatic rings. The summed E-state index contributed by atoms with van der Waals surface area (Å²) in [6, 6.07) is 7.29. The number of carbonyl (C=O) groups is 1. The van der Waals surface area contributed by atoms with Gasteiger partial charge in [-0.25, -0.2) is 0 Å². The quantitative estimate of drug-likeness (QED) is 0.382. The molecule has 0 saturated carbocycles. The van der Waals surface area contributed by atoms with Crippen LogP contribution < -0.4 is 5.32 Å². The molecule has 192 valence electrons. The Balaban J connectivity index is 1.66. The lowest BCUT2D eigenvalue weighted by atomic mass is 9.99. The number of halogens is 1. The van der Waals surface area contributed by atoms with Crippen molar-refractivity contribution in [1.82, 2.24) is 25.0 Å². The number of benzene rings is 1. The molecule has 1 atom stereocenters. The van der Waals surface area contributed by atoms with Crippen molar-refractivity contribution in [3.63, 3.8) is 0 Å². The van der Waals surface area contributed by atoms with Crippen molar-refractivity contribution in [2.75, 3.05) is 26.2 Å². The minimum Gasteiger partial charge on any atom is -0.355 e. The normalized spacial score (nSPS) is 14.9. The van der Waals surface area contributed by atoms with E-state index in [2.05, 4.69) is 52.7 Å². The summed E-state index contributed by atoms with van der Waals surface area (Å²) in [5.41, 5.74) is 4.09. The van der Waals surface area contributed by atoms with Gasteiger partial charge in [0.2, 0.25) is 5.91 Å². The highest BCUT2D eigenvalue weighted by Crippen LogP contribution is 2.39. The fourth-order valence-electron chi connectivity index (χ4n) is 4.70. The number of aliphatic imine (C=N–C) groups is 1. The number of rotatable bonds is 10. The van der Waals surface area contributed by atoms with Crippen LogP contribution in [0.1, 0.15) is 72.4 Å². The first-order chi connectivity index (χ1) is 17.3. The summed E-state index contributed by atoms with van der Waals surface area (Å²) >= 11 is 7.90. The zero-order valence-corrected chi connectivity index (χ0v) is 23.3. The molecule has 1 aromatic carbocycles. The van der Waals surface area contributed by atoms with Crippen molar-refractivity contribution in [3.05, 3.63) is 62.5 Å². The second-order valence-corrected chi connectivity index (χ2v) is 10.9. The van der Waals surface area contributed by atoms with Gasteiger partial charge in [0.25, 0.3) is 0 Å². The van der Waals surface area contributed by atoms with Crippen molar-refractivity contribution in [2.24, 2.45) is 4.99 Å². The van der Waals surface area contributed by atoms with Crippen LogP contribution in [0.4, 0.5) is 0 Å². The summed E-state index contributed by atoms with van der Waals surface area (Å²) in [5, 5.41) is 13.7. The second-order valence-electron chi connectivity index (χ2n) is 9.30. The SMILES string of the molecule is CCCN(CCC)CCNC(=O)CC1N=C(c2ccc(Cl)cc2)c2c(sc(C)c2C)-n2c(C)nnc21. The molecule has 1 amide bonds. The fraction of sp³-hybridized carbons (Fsp3) is 0.481. The smallest absolute Gasteiger partial charge is 0.222 e. The molecule has 2 aromatic heterocycles. The number of nitrogens with zero attached hydrogens (tertiary/aromatic N) is 5. The van der Waals surface area contributed by atoms with Crippen LogP contribution in [0.2, 0.25) is 5.02 Å². The van der Waals surface area contributed by atoms with E-state index in [1.165, 1.54) is 10.4 Å². The molecule has 1 aliphatic heterocycles. The zero-order valence-electron chi connectivity index (χ0n) is 21.8. The van der Waals surface area contributed by atoms with Crippen molar-refractivity contribution in [3.8, 4) is 5.00 Å². The van der Waals surface area contributed by atoms with E-state index in [1.54, 1.807) is 11.3 Å². The van der Waals surface area contributed by atoms with Crippen LogP contribution >= 0.6 is 22.9 Å². The summed E-state index contributed by atoms with van der Waals surface area (Å²) in [4.78, 5) is 21.9. The van der Waals surface area contributed by atoms with Gasteiger partial charge in [0, 0.05) is 34.1 Å². The first kappa shape index (κ1) is 26.5. The van der Waals surface area contributed by atoms with Gasteiger partial charge in [-0.3, -0.25) is 14.4 Å². The van der Waals surface area contributed by atoms with E-state index in [1.807, 2.05) is 31.2 Å². The Morgan fingerprint density at radius 3 is 2.44 bits per heavy atom. The minimum absolute atomic E-state index is 0.0301. The average molecular weight is 527 g/mol. The summed E-state index contributed by atoms with van der Waals surface area (Å²) in [6.45, 7) is 14.1. The van der Waals surface area contributed by atoms with E-state index in [0.717, 1.165) is 60.1 Å². The monoisotopic (exact) mass is 526 g/mol. The Hall–Kier alpha value is -2.55. The van der Waals surface area contributed by atoms with E-state index in [9.17, 15) is 4.79 Å². The number of thiophene rings is 1. The average Bonchev–Trinajstić information content (AvgIpc) is 3.32. The fourth-order valence-corrected chi connectivity index (χ4v) is 6.04. The highest BCUT2D eigenvalue weighted by Gasteiger charge is 2.32. The summed E-state index contributed by atoms with van der Waals surface area (Å²) in [7, 11) is 0. The van der Waals surface area contributed by atoms with Gasteiger partial charge in [-0.1, -0.05) is 37.6 Å². The number of fused-ring (bicyclic) bond motifs is 3. The highest BCUT2D eigenvalue weighted by molar-refractivity contribution is 7.15. The third-order valence-corrected chi connectivity index (χ3v) is 8.01. The molecule has 0 radical (unpaired) electrons. The number of hydrogen-bond donors (Lipinski definition) is 1. The molecule has 0 bridgehead atoms. The molecular weight excluding hydrogens is 492 g/mol. The summed E-state index contributed by atoms with van der Waals surface area (Å²) in [6.07, 6.45) is 2.43. The van der Waals surface area contributed by atoms with Gasteiger partial charge in [-0.05, 0) is 64.4 Å². The third kappa shape index (κ3) is 5.56. The topological polar surface area (TPSA) is 75.4 Å². The summed E-state index contributed by atoms with van der Waals surface area (Å²) in [5.74, 6) is 1.46. The third-order valence-electron chi connectivity index (χ3n) is 6.57. The lowest BCUT2D eigenvalue weighted by Crippen LogP contribution is -2.36. The van der Waals surface area contributed by atoms with Crippen LogP contribution in [0.15, 0.2) is 29.3 Å². The van der Waals surface area contributed by atoms with Crippen molar-refractivity contribution in [2.45, 2.75) is 59.9 Å². The van der Waals surface area contributed by atoms with Crippen LogP contribution in [0.25, 0.3) is 5.00 Å². The Morgan fingerprint density at radius 1 is 1.08 bits per heavy atom. The Bertz CT molecular complexity index is 1240. The minimum atomic E-state index is -0.446. The number of carbonyl (C=O) groups excluding carboxylic acids is 1. The number of aryl methyl sites for hydroxylation is 2. The molecule has 1 N–H and O–H groups in total. The molecule has 3 heterocycles. The number of nitrogens with one attached hydrogen (secondary N) is 1. The molecule has 0 spiro atoms. The van der Waals surface area contributed by atoms with E-state index >= 15 is 0 Å². The predicted molar refractivity (Wildman–Crippen MR) is 148 cm³/mol. The molecule has 1 unspecified atom stereocenters. The Kier molecular flexibility index (Phi) is 8.59. The maximum Gasteiger partial charge on any atom is 0.222 e. The van der Waals surface area contributed by atoms with Gasteiger partial charge < -0.3 is 10.2 Å². The Labute approximate surface area is 222 Å². The molecule has 36 heavy (non-hydrogen) atoms. The molecular formula is C27H35ClN6OS. The van der Waals surface area contributed by atoms with Gasteiger partial charge in [0.05, 0.1) is 12.1 Å². The standard InChI is InChI=1S/C27H35ClN6OS/c1-6-13-33(14-7-2)15-12-29-23(35)16-22-26-32-31-19(5)34(26)27-24(17(3)18(4)36-27)25(30-22)20-8-10-21(28)11-9-20/h8-11,22H,6-7,12-16H2,1-5H3,(H,29,35). The first-order valence-electron chi connectivity index (χ1n) is 12.7. The van der Waals surface area contributed by atoms with Crippen molar-refractivity contribution in [1.29, 1.82) is 0 Å². The Morgan fingerprint density at radius 2 is 1.78 bits per heavy atom. The largest absolute Gasteiger partial charge is 0.355 e. The predicted octanol–water partition coefficient (Wildman–Crippen LogP) is 5.43. The molecule has 3 aromatic rings. The number of amides is 1. The van der Waals surface area contributed by atoms with Crippen LogP contribution in [0, 0.1) is 20.8 Å². The lowest BCUT2D eigenvalue weighted by molar-refractivity contribution is -0.121. The molecule has 4 rings (SSSR count). The lowest BCUT2D eigenvalue weighted by Gasteiger charge is -2.21. The van der Waals surface area contributed by atoms with Gasteiger partial charge >= 0.3 is 0 Å². The van der Waals surface area contributed by atoms with Gasteiger partial charge in [-0.15, -0.1) is 21.5 Å². The van der Waals surface area contributed by atoms with Crippen molar-refractivity contribution >= 4 is 34.6 Å². The van der Waals surface area contributed by atoms with Gasteiger partial charge in [-0.2, -0.15) is 0 Å². The van der Waals surface area contributed by atoms with Crippen molar-refractivity contribution < 1.29 is 4.79 Å². The number of hydrogen-bond acceptors (Lipinski definition) is 6. The van der Waals surface area contributed by atoms with Crippen LogP contribution in [-0.2, 0) is 4.79 Å². The van der Waals surface area contributed by atoms with Crippen LogP contribution in [0.5, 0.6) is 0 Å². The highest BCUT2D eigenvalue weighted by atomic mass is 35.5. The molecule has 0 saturated heterocycles. The first-order valence-corrected chi connectivity index (χ1v) is 13.9. The molecule has 9 heteroatoms. The van der Waals surface area contributed by atoms with Crippen LogP contribution in [-0.4, -0.2) is 57.5 Å². The number of aromatic nitrogens is 3. The van der Waals surface area contributed by atoms with Gasteiger partial charge in [0.1, 0.15) is 16.9 Å². The van der Waals surface area contributed by atoms with Gasteiger partial charge in [0.15, 0.2) is 5.82 Å². The molecule has 7 nitrogen and oxygen atoms in total. The van der Waals surface area contributed by atoms with E-state index < -0.39 is 6.04 Å². The summed E-state index contributed by atoms with van der Waals surface area (Å²) < 4.78 is 2.08. The van der Waals surface area contributed by atoms with E-state index in [-0.39, 0.29) is 12.3 Å².